The Morgan fingerprint density at radius 2 is 1.76 bits per heavy atom. The molecule has 5 heteroatoms. The lowest BCUT2D eigenvalue weighted by Crippen LogP contribution is -2.46. The summed E-state index contributed by atoms with van der Waals surface area (Å²) in [4.78, 5) is 0. The second kappa shape index (κ2) is 6.71. The van der Waals surface area contributed by atoms with E-state index in [0.717, 1.165) is 38.5 Å². The Labute approximate surface area is 106 Å². The Bertz CT molecular complexity index is 306. The summed E-state index contributed by atoms with van der Waals surface area (Å²) in [5.74, 6) is 0. The van der Waals surface area contributed by atoms with Crippen molar-refractivity contribution in [3.8, 4) is 0 Å². The zero-order valence-corrected chi connectivity index (χ0v) is 11.9. The van der Waals surface area contributed by atoms with Crippen LogP contribution in [0.3, 0.4) is 0 Å². The molecule has 0 amide bonds. The van der Waals surface area contributed by atoms with Crippen LogP contribution in [0, 0.1) is 0 Å². The van der Waals surface area contributed by atoms with E-state index in [1.54, 1.807) is 4.31 Å². The third kappa shape index (κ3) is 3.42. The van der Waals surface area contributed by atoms with Crippen molar-refractivity contribution in [2.75, 3.05) is 13.1 Å². The van der Waals surface area contributed by atoms with Crippen molar-refractivity contribution < 1.29 is 8.42 Å². The molecule has 1 rings (SSSR count). The second-order valence-electron chi connectivity index (χ2n) is 4.82. The zero-order chi connectivity index (χ0) is 12.9. The van der Waals surface area contributed by atoms with Crippen LogP contribution in [0.5, 0.6) is 0 Å². The monoisotopic (exact) mass is 262 g/mol. The minimum absolute atomic E-state index is 0.115. The third-order valence-electron chi connectivity index (χ3n) is 3.75. The van der Waals surface area contributed by atoms with Gasteiger partial charge in [0, 0.05) is 19.1 Å². The van der Waals surface area contributed by atoms with Gasteiger partial charge in [-0.25, -0.2) is 8.42 Å². The van der Waals surface area contributed by atoms with Crippen LogP contribution in [0.1, 0.15) is 52.4 Å². The first kappa shape index (κ1) is 14.9. The Hall–Kier alpha value is -0.130. The van der Waals surface area contributed by atoms with Crippen LogP contribution in [-0.2, 0) is 10.0 Å². The lowest BCUT2D eigenvalue weighted by Gasteiger charge is -2.31. The van der Waals surface area contributed by atoms with E-state index < -0.39 is 10.0 Å². The van der Waals surface area contributed by atoms with Crippen molar-refractivity contribution in [3.63, 3.8) is 0 Å². The van der Waals surface area contributed by atoms with Crippen molar-refractivity contribution in [1.29, 1.82) is 0 Å². The molecule has 0 bridgehead atoms. The average Bonchev–Trinajstić information content (AvgIpc) is 2.83. The van der Waals surface area contributed by atoms with E-state index >= 15 is 0 Å². The molecule has 0 aromatic carbocycles. The fourth-order valence-electron chi connectivity index (χ4n) is 2.72. The quantitative estimate of drug-likeness (QED) is 0.759. The summed E-state index contributed by atoms with van der Waals surface area (Å²) in [6, 6.07) is 0.115. The molecule has 1 fully saturated rings. The summed E-state index contributed by atoms with van der Waals surface area (Å²) in [5, 5.41) is -0.158. The highest BCUT2D eigenvalue weighted by Gasteiger charge is 2.36. The summed E-state index contributed by atoms with van der Waals surface area (Å²) in [6.45, 7) is 4.96. The number of nitrogens with two attached hydrogens (primary N) is 1. The fraction of sp³-hybridized carbons (Fsp3) is 1.00. The Balaban J connectivity index is 2.87. The zero-order valence-electron chi connectivity index (χ0n) is 11.1. The van der Waals surface area contributed by atoms with Crippen molar-refractivity contribution in [2.45, 2.75) is 63.7 Å². The van der Waals surface area contributed by atoms with Crippen LogP contribution in [0.2, 0.25) is 0 Å². The van der Waals surface area contributed by atoms with Crippen molar-refractivity contribution >= 4 is 10.0 Å². The number of rotatable bonds is 7. The van der Waals surface area contributed by atoms with Gasteiger partial charge in [0.25, 0.3) is 0 Å². The molecular weight excluding hydrogens is 236 g/mol. The van der Waals surface area contributed by atoms with Gasteiger partial charge in [0.15, 0.2) is 0 Å². The van der Waals surface area contributed by atoms with Gasteiger partial charge in [-0.05, 0) is 25.7 Å². The van der Waals surface area contributed by atoms with Crippen LogP contribution in [0.15, 0.2) is 0 Å². The first-order chi connectivity index (χ1) is 8.07. The first-order valence-corrected chi connectivity index (χ1v) is 8.28. The van der Waals surface area contributed by atoms with Gasteiger partial charge in [0.2, 0.25) is 10.0 Å². The predicted molar refractivity (Wildman–Crippen MR) is 71.3 cm³/mol. The van der Waals surface area contributed by atoms with Crippen molar-refractivity contribution in [2.24, 2.45) is 5.73 Å². The summed E-state index contributed by atoms with van der Waals surface area (Å²) in [7, 11) is -3.13. The highest BCUT2D eigenvalue weighted by Crippen LogP contribution is 2.29. The molecule has 0 aliphatic heterocycles. The molecule has 0 heterocycles. The number of hydrogen-bond acceptors (Lipinski definition) is 3. The van der Waals surface area contributed by atoms with Crippen molar-refractivity contribution in [3.05, 3.63) is 0 Å². The smallest absolute Gasteiger partial charge is 0.217 e. The minimum atomic E-state index is -3.13. The molecular formula is C12H26N2O2S. The lowest BCUT2D eigenvalue weighted by atomic mass is 10.2. The molecule has 0 spiro atoms. The van der Waals surface area contributed by atoms with Gasteiger partial charge in [0.1, 0.15) is 0 Å². The van der Waals surface area contributed by atoms with E-state index in [1.807, 2.05) is 13.8 Å². The van der Waals surface area contributed by atoms with E-state index in [9.17, 15) is 8.42 Å². The molecule has 4 nitrogen and oxygen atoms in total. The van der Waals surface area contributed by atoms with Gasteiger partial charge in [-0.15, -0.1) is 0 Å². The third-order valence-corrected chi connectivity index (χ3v) is 6.20. The summed E-state index contributed by atoms with van der Waals surface area (Å²) in [5.41, 5.74) is 5.57. The number of nitrogens with zero attached hydrogens (tertiary/aromatic N) is 1. The van der Waals surface area contributed by atoms with Gasteiger partial charge < -0.3 is 5.73 Å². The Kier molecular flexibility index (Phi) is 5.89. The highest BCUT2D eigenvalue weighted by molar-refractivity contribution is 7.89. The van der Waals surface area contributed by atoms with E-state index in [2.05, 4.69) is 0 Å². The van der Waals surface area contributed by atoms with Gasteiger partial charge in [0.05, 0.1) is 5.25 Å². The average molecular weight is 262 g/mol. The van der Waals surface area contributed by atoms with Crippen LogP contribution < -0.4 is 5.73 Å². The summed E-state index contributed by atoms with van der Waals surface area (Å²) >= 11 is 0. The van der Waals surface area contributed by atoms with Gasteiger partial charge in [-0.2, -0.15) is 4.31 Å². The predicted octanol–water partition coefficient (Wildman–Crippen LogP) is 1.71. The topological polar surface area (TPSA) is 63.4 Å². The van der Waals surface area contributed by atoms with Crippen LogP contribution in [0.4, 0.5) is 0 Å². The Morgan fingerprint density at radius 3 is 2.18 bits per heavy atom. The number of sulfonamides is 1. The molecule has 17 heavy (non-hydrogen) atoms. The normalized spacial score (nSPS) is 18.4. The van der Waals surface area contributed by atoms with E-state index in [-0.39, 0.29) is 11.3 Å². The van der Waals surface area contributed by atoms with Crippen molar-refractivity contribution in [1.82, 2.24) is 4.31 Å². The highest BCUT2D eigenvalue weighted by atomic mass is 32.2. The molecule has 1 saturated carbocycles. The summed E-state index contributed by atoms with van der Waals surface area (Å²) < 4.78 is 26.8. The molecule has 1 aliphatic rings. The molecule has 0 atom stereocenters. The maximum atomic E-state index is 12.6. The number of hydrogen-bond donors (Lipinski definition) is 1. The maximum absolute atomic E-state index is 12.6. The molecule has 0 aromatic heterocycles. The molecule has 0 radical (unpaired) electrons. The maximum Gasteiger partial charge on any atom is 0.217 e. The standard InChI is InChI=1S/C12H26N2O2S/c1-3-11(4-2)14(10-9-13)17(15,16)12-7-5-6-8-12/h11-12H,3-10,13H2,1-2H3. The van der Waals surface area contributed by atoms with E-state index in [4.69, 9.17) is 5.73 Å². The largest absolute Gasteiger partial charge is 0.329 e. The van der Waals surface area contributed by atoms with Gasteiger partial charge in [-0.1, -0.05) is 26.7 Å². The molecule has 102 valence electrons. The van der Waals surface area contributed by atoms with Crippen LogP contribution >= 0.6 is 0 Å². The molecule has 0 aromatic rings. The van der Waals surface area contributed by atoms with E-state index in [0.29, 0.717) is 13.1 Å². The molecule has 1 aliphatic carbocycles. The first-order valence-electron chi connectivity index (χ1n) is 6.78. The minimum Gasteiger partial charge on any atom is -0.329 e. The van der Waals surface area contributed by atoms with E-state index in [1.165, 1.54) is 0 Å². The molecule has 0 unspecified atom stereocenters. The fourth-order valence-corrected chi connectivity index (χ4v) is 5.10. The molecule has 0 saturated heterocycles. The van der Waals surface area contributed by atoms with Gasteiger partial charge >= 0.3 is 0 Å². The van der Waals surface area contributed by atoms with Crippen LogP contribution in [0.25, 0.3) is 0 Å². The van der Waals surface area contributed by atoms with Gasteiger partial charge in [-0.3, -0.25) is 0 Å². The summed E-state index contributed by atoms with van der Waals surface area (Å²) in [6.07, 6.45) is 5.46. The second-order valence-corrected chi connectivity index (χ2v) is 6.99. The van der Waals surface area contributed by atoms with Crippen LogP contribution in [-0.4, -0.2) is 37.1 Å². The SMILES string of the molecule is CCC(CC)N(CCN)S(=O)(=O)C1CCCC1. The lowest BCUT2D eigenvalue weighted by molar-refractivity contribution is 0.305. The Morgan fingerprint density at radius 1 is 1.24 bits per heavy atom. The molecule has 2 N–H and O–H groups in total.